The first-order valence-corrected chi connectivity index (χ1v) is 7.55. The number of anilines is 1. The third-order valence-electron chi connectivity index (χ3n) is 4.23. The molecular weight excluding hydrogens is 236 g/mol. The van der Waals surface area contributed by atoms with Gasteiger partial charge >= 0.3 is 0 Å². The third-order valence-corrected chi connectivity index (χ3v) is 4.23. The largest absolute Gasteiger partial charge is 0.363 e. The van der Waals surface area contributed by atoms with Crippen LogP contribution in [0, 0.1) is 11.8 Å². The van der Waals surface area contributed by atoms with E-state index in [0.29, 0.717) is 23.9 Å². The van der Waals surface area contributed by atoms with Crippen molar-refractivity contribution in [3.05, 3.63) is 12.4 Å². The van der Waals surface area contributed by atoms with Crippen LogP contribution in [-0.4, -0.2) is 35.0 Å². The molecule has 1 aromatic heterocycles. The maximum atomic E-state index is 4.43. The van der Waals surface area contributed by atoms with Gasteiger partial charge in [0.2, 0.25) is 0 Å². The van der Waals surface area contributed by atoms with Gasteiger partial charge in [0.1, 0.15) is 0 Å². The molecule has 108 valence electrons. The average Bonchev–Trinajstić information content (AvgIpc) is 2.86. The number of rotatable bonds is 4. The summed E-state index contributed by atoms with van der Waals surface area (Å²) in [5.74, 6) is 1.31. The van der Waals surface area contributed by atoms with E-state index >= 15 is 0 Å². The summed E-state index contributed by atoms with van der Waals surface area (Å²) in [5, 5.41) is 8.13. The van der Waals surface area contributed by atoms with Crippen LogP contribution in [0.2, 0.25) is 0 Å². The minimum atomic E-state index is 0.560. The van der Waals surface area contributed by atoms with Crippen LogP contribution >= 0.6 is 0 Å². The first kappa shape index (κ1) is 14.4. The molecule has 0 amide bonds. The lowest BCUT2D eigenvalue weighted by atomic mass is 9.94. The molecule has 0 bridgehead atoms. The molecule has 1 aromatic rings. The lowest BCUT2D eigenvalue weighted by molar-refractivity contribution is 0.295. The van der Waals surface area contributed by atoms with Crippen molar-refractivity contribution in [1.29, 1.82) is 0 Å². The van der Waals surface area contributed by atoms with Crippen LogP contribution in [0.4, 0.5) is 5.69 Å². The number of piperazine rings is 1. The highest BCUT2D eigenvalue weighted by atomic mass is 15.3. The van der Waals surface area contributed by atoms with Crippen LogP contribution in [0.3, 0.4) is 0 Å². The summed E-state index contributed by atoms with van der Waals surface area (Å²) < 4.78 is 2.01. The molecule has 1 saturated heterocycles. The van der Waals surface area contributed by atoms with Gasteiger partial charge in [0.15, 0.2) is 0 Å². The first-order valence-electron chi connectivity index (χ1n) is 7.55. The number of nitrogens with zero attached hydrogens (tertiary/aromatic N) is 3. The lowest BCUT2D eigenvalue weighted by Gasteiger charge is -2.44. The maximum Gasteiger partial charge on any atom is 0.0756 e. The highest BCUT2D eigenvalue weighted by Gasteiger charge is 2.31. The van der Waals surface area contributed by atoms with Gasteiger partial charge in [0.05, 0.1) is 11.9 Å². The summed E-state index contributed by atoms with van der Waals surface area (Å²) in [7, 11) is 0. The van der Waals surface area contributed by atoms with Gasteiger partial charge in [-0.15, -0.1) is 0 Å². The lowest BCUT2D eigenvalue weighted by Crippen LogP contribution is -2.59. The van der Waals surface area contributed by atoms with Crippen molar-refractivity contribution in [3.63, 3.8) is 0 Å². The van der Waals surface area contributed by atoms with Crippen molar-refractivity contribution in [1.82, 2.24) is 15.1 Å². The molecule has 0 saturated carbocycles. The molecule has 1 fully saturated rings. The van der Waals surface area contributed by atoms with E-state index in [0.717, 1.165) is 19.6 Å². The monoisotopic (exact) mass is 264 g/mol. The Morgan fingerprint density at radius 2 is 2.05 bits per heavy atom. The molecule has 0 radical (unpaired) electrons. The minimum Gasteiger partial charge on any atom is -0.363 e. The SMILES string of the molecule is CCn1cc(N2CC(C(C)C)NCC2C(C)C)cn1. The van der Waals surface area contributed by atoms with Gasteiger partial charge in [0, 0.05) is 37.9 Å². The molecule has 19 heavy (non-hydrogen) atoms. The van der Waals surface area contributed by atoms with E-state index in [9.17, 15) is 0 Å². The van der Waals surface area contributed by atoms with Crippen molar-refractivity contribution in [2.45, 2.75) is 53.2 Å². The highest BCUT2D eigenvalue weighted by Crippen LogP contribution is 2.25. The number of aryl methyl sites for hydroxylation is 1. The van der Waals surface area contributed by atoms with Crippen LogP contribution in [0.25, 0.3) is 0 Å². The van der Waals surface area contributed by atoms with Crippen LogP contribution in [0.15, 0.2) is 12.4 Å². The van der Waals surface area contributed by atoms with E-state index in [1.54, 1.807) is 0 Å². The van der Waals surface area contributed by atoms with Crippen molar-refractivity contribution in [3.8, 4) is 0 Å². The Labute approximate surface area is 117 Å². The van der Waals surface area contributed by atoms with Gasteiger partial charge in [-0.05, 0) is 18.8 Å². The minimum absolute atomic E-state index is 0.560. The highest BCUT2D eigenvalue weighted by molar-refractivity contribution is 5.45. The Balaban J connectivity index is 2.19. The Morgan fingerprint density at radius 3 is 2.58 bits per heavy atom. The fourth-order valence-corrected chi connectivity index (χ4v) is 2.81. The Morgan fingerprint density at radius 1 is 1.32 bits per heavy atom. The summed E-state index contributed by atoms with van der Waals surface area (Å²) in [5.41, 5.74) is 1.27. The smallest absolute Gasteiger partial charge is 0.0756 e. The second kappa shape index (κ2) is 5.95. The van der Waals surface area contributed by atoms with E-state index in [4.69, 9.17) is 0 Å². The quantitative estimate of drug-likeness (QED) is 0.906. The molecule has 1 aliphatic rings. The molecule has 2 atom stereocenters. The van der Waals surface area contributed by atoms with E-state index in [-0.39, 0.29) is 0 Å². The molecule has 4 nitrogen and oxygen atoms in total. The maximum absolute atomic E-state index is 4.43. The Bertz CT molecular complexity index is 397. The molecule has 0 aromatic carbocycles. The average molecular weight is 264 g/mol. The van der Waals surface area contributed by atoms with E-state index in [2.05, 4.69) is 56.1 Å². The molecule has 1 N–H and O–H groups in total. The summed E-state index contributed by atoms with van der Waals surface area (Å²) in [6.45, 7) is 14.4. The molecule has 2 rings (SSSR count). The first-order chi connectivity index (χ1) is 9.02. The summed E-state index contributed by atoms with van der Waals surface area (Å²) in [6.07, 6.45) is 4.19. The standard InChI is InChI=1S/C15H28N4/c1-6-18-9-13(7-17-18)19-10-14(11(2)3)16-8-15(19)12(4)5/h7,9,11-12,14-16H,6,8,10H2,1-5H3. The number of aromatic nitrogens is 2. The second-order valence-corrected chi connectivity index (χ2v) is 6.28. The van der Waals surface area contributed by atoms with Crippen molar-refractivity contribution >= 4 is 5.69 Å². The Hall–Kier alpha value is -1.03. The predicted octanol–water partition coefficient (Wildman–Crippen LogP) is 2.36. The topological polar surface area (TPSA) is 33.1 Å². The van der Waals surface area contributed by atoms with Crippen LogP contribution < -0.4 is 10.2 Å². The molecule has 1 aliphatic heterocycles. The van der Waals surface area contributed by atoms with E-state index < -0.39 is 0 Å². The van der Waals surface area contributed by atoms with Crippen LogP contribution in [0.1, 0.15) is 34.6 Å². The zero-order valence-corrected chi connectivity index (χ0v) is 12.9. The van der Waals surface area contributed by atoms with Gasteiger partial charge in [0.25, 0.3) is 0 Å². The predicted molar refractivity (Wildman–Crippen MR) is 80.5 cm³/mol. The van der Waals surface area contributed by atoms with Crippen molar-refractivity contribution < 1.29 is 0 Å². The number of hydrogen-bond donors (Lipinski definition) is 1. The fourth-order valence-electron chi connectivity index (χ4n) is 2.81. The number of nitrogens with one attached hydrogen (secondary N) is 1. The summed E-state index contributed by atoms with van der Waals surface area (Å²) in [6, 6.07) is 1.13. The second-order valence-electron chi connectivity index (χ2n) is 6.28. The van der Waals surface area contributed by atoms with Crippen molar-refractivity contribution in [2.75, 3.05) is 18.0 Å². The molecule has 0 aliphatic carbocycles. The van der Waals surface area contributed by atoms with E-state index in [1.807, 2.05) is 10.9 Å². The number of hydrogen-bond acceptors (Lipinski definition) is 3. The fraction of sp³-hybridized carbons (Fsp3) is 0.800. The zero-order chi connectivity index (χ0) is 14.0. The van der Waals surface area contributed by atoms with Crippen molar-refractivity contribution in [2.24, 2.45) is 11.8 Å². The van der Waals surface area contributed by atoms with E-state index in [1.165, 1.54) is 5.69 Å². The normalized spacial score (nSPS) is 24.5. The van der Waals surface area contributed by atoms with Crippen LogP contribution in [0.5, 0.6) is 0 Å². The molecule has 0 spiro atoms. The Kier molecular flexibility index (Phi) is 4.50. The molecular formula is C15H28N4. The molecule has 4 heteroatoms. The van der Waals surface area contributed by atoms with Gasteiger partial charge in [-0.3, -0.25) is 4.68 Å². The summed E-state index contributed by atoms with van der Waals surface area (Å²) >= 11 is 0. The van der Waals surface area contributed by atoms with Crippen LogP contribution in [-0.2, 0) is 6.54 Å². The third kappa shape index (κ3) is 3.11. The van der Waals surface area contributed by atoms with Gasteiger partial charge < -0.3 is 10.2 Å². The molecule has 2 heterocycles. The summed E-state index contributed by atoms with van der Waals surface area (Å²) in [4.78, 5) is 2.55. The zero-order valence-electron chi connectivity index (χ0n) is 12.9. The van der Waals surface area contributed by atoms with Gasteiger partial charge in [-0.25, -0.2) is 0 Å². The van der Waals surface area contributed by atoms with Gasteiger partial charge in [-0.1, -0.05) is 27.7 Å². The van der Waals surface area contributed by atoms with Gasteiger partial charge in [-0.2, -0.15) is 5.10 Å². The molecule has 2 unspecified atom stereocenters.